The molecule has 3 rings (SSSR count). The van der Waals surface area contributed by atoms with Gasteiger partial charge in [0.25, 0.3) is 0 Å². The molecule has 0 saturated heterocycles. The van der Waals surface area contributed by atoms with Crippen LogP contribution in [-0.2, 0) is 17.8 Å². The van der Waals surface area contributed by atoms with Crippen LogP contribution in [0.2, 0.25) is 0 Å². The van der Waals surface area contributed by atoms with Crippen molar-refractivity contribution in [1.82, 2.24) is 9.78 Å². The summed E-state index contributed by atoms with van der Waals surface area (Å²) in [5.41, 5.74) is 2.42. The fourth-order valence-electron chi connectivity index (χ4n) is 2.67. The number of hydrogen-bond donors (Lipinski definition) is 1. The second-order valence-electron chi connectivity index (χ2n) is 4.90. The van der Waals surface area contributed by atoms with Crippen molar-refractivity contribution in [3.8, 4) is 0 Å². The van der Waals surface area contributed by atoms with Crippen molar-refractivity contribution in [3.63, 3.8) is 0 Å². The molecule has 1 aromatic heterocycles. The molecule has 1 aromatic carbocycles. The number of anilines is 1. The van der Waals surface area contributed by atoms with Crippen LogP contribution in [0.25, 0.3) is 0 Å². The SMILES string of the molecule is CCn1ncc2c1NC(=O)C[C@@H]2Cc1ccccc1. The van der Waals surface area contributed by atoms with Crippen molar-refractivity contribution in [2.24, 2.45) is 0 Å². The first-order valence-corrected chi connectivity index (χ1v) is 6.67. The Kier molecular flexibility index (Phi) is 3.07. The third-order valence-corrected chi connectivity index (χ3v) is 3.62. The molecule has 1 amide bonds. The van der Waals surface area contributed by atoms with Crippen LogP contribution in [0.5, 0.6) is 0 Å². The van der Waals surface area contributed by atoms with Gasteiger partial charge in [0.2, 0.25) is 5.91 Å². The molecule has 4 nitrogen and oxygen atoms in total. The number of carbonyl (C=O) groups excluding carboxylic acids is 1. The first-order chi connectivity index (χ1) is 9.28. The summed E-state index contributed by atoms with van der Waals surface area (Å²) in [4.78, 5) is 11.8. The molecule has 2 aromatic rings. The van der Waals surface area contributed by atoms with E-state index in [1.807, 2.05) is 36.0 Å². The summed E-state index contributed by atoms with van der Waals surface area (Å²) in [6, 6.07) is 10.3. The lowest BCUT2D eigenvalue weighted by atomic mass is 9.88. The van der Waals surface area contributed by atoms with E-state index in [1.54, 1.807) is 0 Å². The van der Waals surface area contributed by atoms with Gasteiger partial charge in [-0.2, -0.15) is 5.10 Å². The van der Waals surface area contributed by atoms with Crippen LogP contribution >= 0.6 is 0 Å². The van der Waals surface area contributed by atoms with Crippen LogP contribution in [0.15, 0.2) is 36.5 Å². The summed E-state index contributed by atoms with van der Waals surface area (Å²) >= 11 is 0. The molecular formula is C15H17N3O. The molecule has 1 N–H and O–H groups in total. The van der Waals surface area contributed by atoms with Crippen molar-refractivity contribution in [2.45, 2.75) is 32.2 Å². The smallest absolute Gasteiger partial charge is 0.226 e. The molecule has 0 unspecified atom stereocenters. The van der Waals surface area contributed by atoms with Gasteiger partial charge in [-0.05, 0) is 18.9 Å². The number of hydrogen-bond acceptors (Lipinski definition) is 2. The number of rotatable bonds is 3. The zero-order valence-electron chi connectivity index (χ0n) is 11.0. The zero-order chi connectivity index (χ0) is 13.2. The third-order valence-electron chi connectivity index (χ3n) is 3.62. The number of aryl methyl sites for hydroxylation is 1. The molecule has 0 radical (unpaired) electrons. The predicted octanol–water partition coefficient (Wildman–Crippen LogP) is 2.57. The maximum atomic E-state index is 11.8. The van der Waals surface area contributed by atoms with E-state index in [-0.39, 0.29) is 11.8 Å². The number of aromatic nitrogens is 2. The van der Waals surface area contributed by atoms with Gasteiger partial charge in [0, 0.05) is 24.4 Å². The first kappa shape index (κ1) is 12.0. The van der Waals surface area contributed by atoms with E-state index >= 15 is 0 Å². The largest absolute Gasteiger partial charge is 0.311 e. The minimum Gasteiger partial charge on any atom is -0.311 e. The van der Waals surface area contributed by atoms with E-state index < -0.39 is 0 Å². The van der Waals surface area contributed by atoms with E-state index in [1.165, 1.54) is 5.56 Å². The summed E-state index contributed by atoms with van der Waals surface area (Å²) < 4.78 is 1.85. The highest BCUT2D eigenvalue weighted by molar-refractivity contribution is 5.93. The molecule has 19 heavy (non-hydrogen) atoms. The quantitative estimate of drug-likeness (QED) is 0.916. The van der Waals surface area contributed by atoms with E-state index in [0.717, 1.165) is 24.3 Å². The topological polar surface area (TPSA) is 46.9 Å². The van der Waals surface area contributed by atoms with E-state index in [2.05, 4.69) is 22.5 Å². The highest BCUT2D eigenvalue weighted by Gasteiger charge is 2.28. The summed E-state index contributed by atoms with van der Waals surface area (Å²) in [6.07, 6.45) is 3.32. The van der Waals surface area contributed by atoms with Crippen LogP contribution in [0.4, 0.5) is 5.82 Å². The van der Waals surface area contributed by atoms with Gasteiger partial charge in [0.1, 0.15) is 5.82 Å². The van der Waals surface area contributed by atoms with E-state index in [4.69, 9.17) is 0 Å². The standard InChI is InChI=1S/C15H17N3O/c1-2-18-15-13(10-16-18)12(9-14(19)17-15)8-11-6-4-3-5-7-11/h3-7,10,12H,2,8-9H2,1H3,(H,17,19)/t12-/m0/s1. The Morgan fingerprint density at radius 1 is 1.37 bits per heavy atom. The number of carbonyl (C=O) groups is 1. The van der Waals surface area contributed by atoms with E-state index in [0.29, 0.717) is 6.42 Å². The van der Waals surface area contributed by atoms with Gasteiger partial charge in [-0.15, -0.1) is 0 Å². The van der Waals surface area contributed by atoms with Gasteiger partial charge >= 0.3 is 0 Å². The van der Waals surface area contributed by atoms with Crippen molar-refractivity contribution in [3.05, 3.63) is 47.7 Å². The van der Waals surface area contributed by atoms with Crippen molar-refractivity contribution in [1.29, 1.82) is 0 Å². The van der Waals surface area contributed by atoms with Gasteiger partial charge in [0.15, 0.2) is 0 Å². The molecule has 0 aliphatic carbocycles. The van der Waals surface area contributed by atoms with Crippen LogP contribution in [0, 0.1) is 0 Å². The highest BCUT2D eigenvalue weighted by atomic mass is 16.1. The Hall–Kier alpha value is -2.10. The lowest BCUT2D eigenvalue weighted by Crippen LogP contribution is -2.25. The summed E-state index contributed by atoms with van der Waals surface area (Å²) in [5, 5.41) is 7.28. The van der Waals surface area contributed by atoms with Gasteiger partial charge in [-0.1, -0.05) is 30.3 Å². The van der Waals surface area contributed by atoms with E-state index in [9.17, 15) is 4.79 Å². The van der Waals surface area contributed by atoms with Crippen LogP contribution < -0.4 is 5.32 Å². The molecule has 1 aliphatic rings. The van der Waals surface area contributed by atoms with Gasteiger partial charge < -0.3 is 5.32 Å². The minimum atomic E-state index is 0.0867. The number of nitrogens with zero attached hydrogens (tertiary/aromatic N) is 2. The van der Waals surface area contributed by atoms with Gasteiger partial charge in [-0.3, -0.25) is 4.79 Å². The number of nitrogens with one attached hydrogen (secondary N) is 1. The summed E-state index contributed by atoms with van der Waals surface area (Å²) in [5.74, 6) is 1.19. The molecule has 0 bridgehead atoms. The second kappa shape index (κ2) is 4.88. The fourth-order valence-corrected chi connectivity index (χ4v) is 2.67. The molecule has 0 fully saturated rings. The van der Waals surface area contributed by atoms with Crippen molar-refractivity contribution >= 4 is 11.7 Å². The Labute approximate surface area is 112 Å². The van der Waals surface area contributed by atoms with Crippen LogP contribution in [0.3, 0.4) is 0 Å². The Bertz CT molecular complexity index is 589. The molecule has 0 spiro atoms. The average Bonchev–Trinajstić information content (AvgIpc) is 2.83. The average molecular weight is 255 g/mol. The molecule has 1 atom stereocenters. The highest BCUT2D eigenvalue weighted by Crippen LogP contribution is 2.34. The summed E-state index contributed by atoms with van der Waals surface area (Å²) in [6.45, 7) is 2.80. The van der Waals surface area contributed by atoms with Crippen molar-refractivity contribution in [2.75, 3.05) is 5.32 Å². The number of amides is 1. The molecule has 2 heterocycles. The third kappa shape index (κ3) is 2.26. The maximum Gasteiger partial charge on any atom is 0.226 e. The van der Waals surface area contributed by atoms with Crippen LogP contribution in [0.1, 0.15) is 30.4 Å². The normalized spacial score (nSPS) is 17.9. The molecule has 98 valence electrons. The minimum absolute atomic E-state index is 0.0867. The predicted molar refractivity (Wildman–Crippen MR) is 74.0 cm³/mol. The fraction of sp³-hybridized carbons (Fsp3) is 0.333. The number of benzene rings is 1. The lowest BCUT2D eigenvalue weighted by Gasteiger charge is -2.23. The monoisotopic (exact) mass is 255 g/mol. The Morgan fingerprint density at radius 2 is 2.16 bits per heavy atom. The molecule has 4 heteroatoms. The maximum absolute atomic E-state index is 11.8. The molecular weight excluding hydrogens is 238 g/mol. The molecule has 0 saturated carbocycles. The lowest BCUT2D eigenvalue weighted by molar-refractivity contribution is -0.116. The summed E-state index contributed by atoms with van der Waals surface area (Å²) in [7, 11) is 0. The van der Waals surface area contributed by atoms with Crippen molar-refractivity contribution < 1.29 is 4.79 Å². The molecule has 1 aliphatic heterocycles. The number of fused-ring (bicyclic) bond motifs is 1. The second-order valence-corrected chi connectivity index (χ2v) is 4.90. The Balaban J connectivity index is 1.91. The zero-order valence-corrected chi connectivity index (χ0v) is 11.0. The first-order valence-electron chi connectivity index (χ1n) is 6.67. The van der Waals surface area contributed by atoms with Gasteiger partial charge in [0.05, 0.1) is 6.20 Å². The Morgan fingerprint density at radius 3 is 2.89 bits per heavy atom. The van der Waals surface area contributed by atoms with Gasteiger partial charge in [-0.25, -0.2) is 4.68 Å². The van der Waals surface area contributed by atoms with Crippen LogP contribution in [-0.4, -0.2) is 15.7 Å².